The van der Waals surface area contributed by atoms with Crippen LogP contribution < -0.4 is 14.8 Å². The molecule has 142 valence electrons. The van der Waals surface area contributed by atoms with Crippen molar-refractivity contribution < 1.29 is 19.1 Å². The summed E-state index contributed by atoms with van der Waals surface area (Å²) in [7, 11) is 3.29. The van der Waals surface area contributed by atoms with E-state index in [-0.39, 0.29) is 18.0 Å². The van der Waals surface area contributed by atoms with E-state index in [1.54, 1.807) is 28.1 Å². The quantitative estimate of drug-likeness (QED) is 0.787. The Morgan fingerprint density at radius 2 is 1.96 bits per heavy atom. The van der Waals surface area contributed by atoms with Crippen LogP contribution in [0.25, 0.3) is 0 Å². The number of methoxy groups -OCH3 is 2. The summed E-state index contributed by atoms with van der Waals surface area (Å²) in [6.07, 6.45) is 2.10. The van der Waals surface area contributed by atoms with Crippen molar-refractivity contribution in [1.29, 1.82) is 0 Å². The SMILES string of the molecule is COc1ccc(C2CCCN2CCN2C(=O)NC(C)(C)C2=O)c(OC)c1. The number of ether oxygens (including phenoxy) is 2. The maximum absolute atomic E-state index is 12.4. The fraction of sp³-hybridized carbons (Fsp3) is 0.579. The standard InChI is InChI=1S/C19H27N3O4/c1-19(2)17(23)22(18(24)20-19)11-10-21-9-5-6-15(21)14-8-7-13(25-3)12-16(14)26-4/h7-8,12,15H,5-6,9-11H2,1-4H3,(H,20,24). The van der Waals surface area contributed by atoms with Crippen molar-refractivity contribution in [3.63, 3.8) is 0 Å². The monoisotopic (exact) mass is 361 g/mol. The molecule has 0 spiro atoms. The maximum Gasteiger partial charge on any atom is 0.325 e. The summed E-state index contributed by atoms with van der Waals surface area (Å²) in [6, 6.07) is 5.78. The summed E-state index contributed by atoms with van der Waals surface area (Å²) < 4.78 is 10.8. The van der Waals surface area contributed by atoms with Gasteiger partial charge in [-0.25, -0.2) is 4.79 Å². The molecule has 0 aromatic heterocycles. The predicted octanol–water partition coefficient (Wildman–Crippen LogP) is 2.17. The molecule has 2 aliphatic rings. The van der Waals surface area contributed by atoms with Gasteiger partial charge in [-0.3, -0.25) is 14.6 Å². The molecule has 0 bridgehead atoms. The van der Waals surface area contributed by atoms with Crippen LogP contribution in [0.5, 0.6) is 11.5 Å². The highest BCUT2D eigenvalue weighted by atomic mass is 16.5. The van der Waals surface area contributed by atoms with Crippen LogP contribution in [0, 0.1) is 0 Å². The summed E-state index contributed by atoms with van der Waals surface area (Å²) in [5.74, 6) is 1.40. The molecule has 1 aromatic rings. The first-order chi connectivity index (χ1) is 12.4. The fourth-order valence-corrected chi connectivity index (χ4v) is 3.79. The number of nitrogens with one attached hydrogen (secondary N) is 1. The zero-order valence-electron chi connectivity index (χ0n) is 15.9. The number of carbonyl (C=O) groups excluding carboxylic acids is 2. The van der Waals surface area contributed by atoms with Crippen LogP contribution in [0.2, 0.25) is 0 Å². The molecule has 1 unspecified atom stereocenters. The molecule has 26 heavy (non-hydrogen) atoms. The molecule has 1 N–H and O–H groups in total. The second kappa shape index (κ2) is 7.15. The van der Waals surface area contributed by atoms with Crippen LogP contribution in [-0.4, -0.2) is 61.1 Å². The van der Waals surface area contributed by atoms with Crippen LogP contribution in [0.15, 0.2) is 18.2 Å². The number of hydrogen-bond donors (Lipinski definition) is 1. The topological polar surface area (TPSA) is 71.1 Å². The van der Waals surface area contributed by atoms with E-state index in [1.807, 2.05) is 18.2 Å². The van der Waals surface area contributed by atoms with Gasteiger partial charge in [-0.05, 0) is 39.3 Å². The summed E-state index contributed by atoms with van der Waals surface area (Å²) in [6.45, 7) is 5.44. The Hall–Kier alpha value is -2.28. The highest BCUT2D eigenvalue weighted by molar-refractivity contribution is 6.06. The molecule has 7 heteroatoms. The number of benzene rings is 1. The fourth-order valence-electron chi connectivity index (χ4n) is 3.79. The van der Waals surface area contributed by atoms with Crippen LogP contribution in [0.4, 0.5) is 4.79 Å². The lowest BCUT2D eigenvalue weighted by Gasteiger charge is -2.27. The Morgan fingerprint density at radius 1 is 1.19 bits per heavy atom. The van der Waals surface area contributed by atoms with Crippen molar-refractivity contribution in [2.24, 2.45) is 0 Å². The van der Waals surface area contributed by atoms with Gasteiger partial charge >= 0.3 is 6.03 Å². The van der Waals surface area contributed by atoms with Gasteiger partial charge in [0.1, 0.15) is 17.0 Å². The van der Waals surface area contributed by atoms with Gasteiger partial charge < -0.3 is 14.8 Å². The molecule has 0 saturated carbocycles. The molecule has 1 atom stereocenters. The van der Waals surface area contributed by atoms with Gasteiger partial charge in [-0.2, -0.15) is 0 Å². The number of rotatable bonds is 6. The van der Waals surface area contributed by atoms with E-state index in [1.165, 1.54) is 4.90 Å². The number of amides is 3. The van der Waals surface area contributed by atoms with Crippen molar-refractivity contribution >= 4 is 11.9 Å². The molecular weight excluding hydrogens is 334 g/mol. The molecule has 1 aromatic carbocycles. The molecule has 2 aliphatic heterocycles. The molecule has 3 rings (SSSR count). The number of hydrogen-bond acceptors (Lipinski definition) is 5. The summed E-state index contributed by atoms with van der Waals surface area (Å²) in [5.41, 5.74) is 0.295. The number of carbonyl (C=O) groups is 2. The zero-order chi connectivity index (χ0) is 18.9. The van der Waals surface area contributed by atoms with Crippen molar-refractivity contribution in [3.8, 4) is 11.5 Å². The van der Waals surface area contributed by atoms with E-state index in [4.69, 9.17) is 9.47 Å². The Morgan fingerprint density at radius 3 is 2.58 bits per heavy atom. The van der Waals surface area contributed by atoms with Crippen LogP contribution in [-0.2, 0) is 4.79 Å². The van der Waals surface area contributed by atoms with E-state index in [0.717, 1.165) is 36.4 Å². The van der Waals surface area contributed by atoms with Crippen molar-refractivity contribution in [1.82, 2.24) is 15.1 Å². The smallest absolute Gasteiger partial charge is 0.325 e. The highest BCUT2D eigenvalue weighted by Crippen LogP contribution is 2.38. The second-order valence-electron chi connectivity index (χ2n) is 7.31. The van der Waals surface area contributed by atoms with Crippen LogP contribution >= 0.6 is 0 Å². The van der Waals surface area contributed by atoms with Gasteiger partial charge in [0, 0.05) is 30.8 Å². The van der Waals surface area contributed by atoms with E-state index >= 15 is 0 Å². The van der Waals surface area contributed by atoms with Gasteiger partial charge in [-0.1, -0.05) is 6.07 Å². The molecule has 2 heterocycles. The highest BCUT2D eigenvalue weighted by Gasteiger charge is 2.44. The average Bonchev–Trinajstić information content (AvgIpc) is 3.15. The lowest BCUT2D eigenvalue weighted by molar-refractivity contribution is -0.130. The van der Waals surface area contributed by atoms with Crippen molar-refractivity contribution in [2.45, 2.75) is 38.3 Å². The number of nitrogens with zero attached hydrogens (tertiary/aromatic N) is 2. The minimum atomic E-state index is -0.819. The second-order valence-corrected chi connectivity index (χ2v) is 7.31. The van der Waals surface area contributed by atoms with E-state index in [0.29, 0.717) is 13.1 Å². The number of imide groups is 1. The van der Waals surface area contributed by atoms with Crippen LogP contribution in [0.1, 0.15) is 38.3 Å². The third-order valence-electron chi connectivity index (χ3n) is 5.22. The molecule has 0 radical (unpaired) electrons. The van der Waals surface area contributed by atoms with Gasteiger partial charge in [0.15, 0.2) is 0 Å². The molecular formula is C19H27N3O4. The lowest BCUT2D eigenvalue weighted by Crippen LogP contribution is -2.41. The van der Waals surface area contributed by atoms with E-state index < -0.39 is 5.54 Å². The Balaban J connectivity index is 1.71. The Labute approximate surface area is 154 Å². The van der Waals surface area contributed by atoms with E-state index in [9.17, 15) is 9.59 Å². The zero-order valence-corrected chi connectivity index (χ0v) is 15.9. The summed E-state index contributed by atoms with van der Waals surface area (Å²) >= 11 is 0. The predicted molar refractivity (Wildman–Crippen MR) is 97.4 cm³/mol. The normalized spacial score (nSPS) is 22.6. The first kappa shape index (κ1) is 18.5. The van der Waals surface area contributed by atoms with Gasteiger partial charge in [0.2, 0.25) is 0 Å². The third kappa shape index (κ3) is 3.35. The molecule has 2 fully saturated rings. The van der Waals surface area contributed by atoms with Crippen LogP contribution in [0.3, 0.4) is 0 Å². The summed E-state index contributed by atoms with van der Waals surface area (Å²) in [5, 5.41) is 2.73. The number of likely N-dealkylation sites (tertiary alicyclic amines) is 1. The van der Waals surface area contributed by atoms with E-state index in [2.05, 4.69) is 10.2 Å². The molecule has 7 nitrogen and oxygen atoms in total. The first-order valence-electron chi connectivity index (χ1n) is 8.97. The molecule has 2 saturated heterocycles. The average molecular weight is 361 g/mol. The minimum absolute atomic E-state index is 0.166. The van der Waals surface area contributed by atoms with Gasteiger partial charge in [0.05, 0.1) is 14.2 Å². The largest absolute Gasteiger partial charge is 0.497 e. The number of urea groups is 1. The maximum atomic E-state index is 12.4. The van der Waals surface area contributed by atoms with Crippen molar-refractivity contribution in [3.05, 3.63) is 23.8 Å². The molecule has 0 aliphatic carbocycles. The van der Waals surface area contributed by atoms with Gasteiger partial charge in [-0.15, -0.1) is 0 Å². The summed E-state index contributed by atoms with van der Waals surface area (Å²) in [4.78, 5) is 28.1. The Bertz CT molecular complexity index is 704. The Kier molecular flexibility index (Phi) is 5.09. The third-order valence-corrected chi connectivity index (χ3v) is 5.22. The molecule has 3 amide bonds. The lowest BCUT2D eigenvalue weighted by atomic mass is 10.0. The first-order valence-corrected chi connectivity index (χ1v) is 8.97. The van der Waals surface area contributed by atoms with Crippen molar-refractivity contribution in [2.75, 3.05) is 33.9 Å². The van der Waals surface area contributed by atoms with Gasteiger partial charge in [0.25, 0.3) is 5.91 Å². The minimum Gasteiger partial charge on any atom is -0.497 e.